The lowest BCUT2D eigenvalue weighted by atomic mass is 10.2. The number of rotatable bonds is 4. The van der Waals surface area contributed by atoms with Gasteiger partial charge >= 0.3 is 0 Å². The third kappa shape index (κ3) is 2.84. The van der Waals surface area contributed by atoms with Crippen molar-refractivity contribution in [2.24, 2.45) is 5.73 Å². The summed E-state index contributed by atoms with van der Waals surface area (Å²) in [5.74, 6) is 0.751. The summed E-state index contributed by atoms with van der Waals surface area (Å²) in [6, 6.07) is 15.3. The van der Waals surface area contributed by atoms with Gasteiger partial charge in [-0.05, 0) is 36.8 Å². The summed E-state index contributed by atoms with van der Waals surface area (Å²) in [5, 5.41) is 2.90. The van der Waals surface area contributed by atoms with Gasteiger partial charge in [0.2, 0.25) is 5.91 Å². The number of para-hydroxylation sites is 2. The van der Waals surface area contributed by atoms with E-state index in [4.69, 9.17) is 5.73 Å². The van der Waals surface area contributed by atoms with E-state index in [1.807, 2.05) is 60.0 Å². The molecule has 3 N–H and O–H groups in total. The van der Waals surface area contributed by atoms with Crippen LogP contribution in [0.3, 0.4) is 0 Å². The molecule has 0 spiro atoms. The highest BCUT2D eigenvalue weighted by atomic mass is 16.1. The molecule has 1 amide bonds. The van der Waals surface area contributed by atoms with E-state index in [0.29, 0.717) is 6.54 Å². The fraction of sp³-hybridized carbons (Fsp3) is 0.176. The largest absolute Gasteiger partial charge is 0.326 e. The van der Waals surface area contributed by atoms with Gasteiger partial charge in [-0.3, -0.25) is 4.79 Å². The first kappa shape index (κ1) is 14.3. The Morgan fingerprint density at radius 2 is 1.91 bits per heavy atom. The van der Waals surface area contributed by atoms with Gasteiger partial charge < -0.3 is 15.6 Å². The van der Waals surface area contributed by atoms with Gasteiger partial charge in [0, 0.05) is 12.2 Å². The Bertz CT molecular complexity index is 805. The van der Waals surface area contributed by atoms with Crippen molar-refractivity contribution in [1.29, 1.82) is 0 Å². The molecule has 0 aliphatic rings. The first-order chi connectivity index (χ1) is 10.7. The molecule has 0 radical (unpaired) electrons. The molecule has 2 aromatic carbocycles. The van der Waals surface area contributed by atoms with E-state index >= 15 is 0 Å². The summed E-state index contributed by atoms with van der Waals surface area (Å²) >= 11 is 0. The van der Waals surface area contributed by atoms with E-state index in [1.54, 1.807) is 0 Å². The van der Waals surface area contributed by atoms with Crippen molar-refractivity contribution in [3.8, 4) is 0 Å². The number of imidazole rings is 1. The van der Waals surface area contributed by atoms with Crippen molar-refractivity contribution in [3.05, 3.63) is 59.9 Å². The summed E-state index contributed by atoms with van der Waals surface area (Å²) in [6.45, 7) is 2.64. The Morgan fingerprint density at radius 1 is 1.18 bits per heavy atom. The molecule has 112 valence electrons. The monoisotopic (exact) mass is 294 g/mol. The summed E-state index contributed by atoms with van der Waals surface area (Å²) < 4.78 is 1.92. The van der Waals surface area contributed by atoms with Gasteiger partial charge in [0.25, 0.3) is 0 Å². The lowest BCUT2D eigenvalue weighted by Crippen LogP contribution is -2.19. The molecule has 5 heteroatoms. The molecule has 0 saturated heterocycles. The molecule has 1 heterocycles. The highest BCUT2D eigenvalue weighted by molar-refractivity contribution is 5.91. The fourth-order valence-corrected chi connectivity index (χ4v) is 2.46. The zero-order valence-electron chi connectivity index (χ0n) is 12.4. The molecule has 0 aliphatic carbocycles. The number of carbonyl (C=O) groups excluding carboxylic acids is 1. The Balaban J connectivity index is 1.76. The van der Waals surface area contributed by atoms with Crippen LogP contribution in [0.5, 0.6) is 0 Å². The zero-order valence-corrected chi connectivity index (χ0v) is 12.4. The van der Waals surface area contributed by atoms with Crippen LogP contribution in [0.15, 0.2) is 48.5 Å². The van der Waals surface area contributed by atoms with Gasteiger partial charge in [-0.2, -0.15) is 0 Å². The van der Waals surface area contributed by atoms with Gasteiger partial charge in [-0.1, -0.05) is 24.3 Å². The predicted octanol–water partition coefficient (Wildman–Crippen LogP) is 2.44. The second kappa shape index (κ2) is 5.99. The normalized spacial score (nSPS) is 10.8. The van der Waals surface area contributed by atoms with Crippen molar-refractivity contribution >= 4 is 22.6 Å². The summed E-state index contributed by atoms with van der Waals surface area (Å²) in [6.07, 6.45) is 0. The topological polar surface area (TPSA) is 72.9 Å². The second-order valence-corrected chi connectivity index (χ2v) is 5.18. The molecule has 0 unspecified atom stereocenters. The average molecular weight is 294 g/mol. The van der Waals surface area contributed by atoms with Crippen LogP contribution >= 0.6 is 0 Å². The van der Waals surface area contributed by atoms with E-state index < -0.39 is 0 Å². The summed E-state index contributed by atoms with van der Waals surface area (Å²) in [7, 11) is 0. The van der Waals surface area contributed by atoms with E-state index in [-0.39, 0.29) is 12.5 Å². The third-order valence-corrected chi connectivity index (χ3v) is 3.62. The maximum absolute atomic E-state index is 12.2. The number of anilines is 1. The van der Waals surface area contributed by atoms with Crippen LogP contribution in [-0.4, -0.2) is 15.5 Å². The minimum atomic E-state index is -0.0771. The predicted molar refractivity (Wildman–Crippen MR) is 87.4 cm³/mol. The van der Waals surface area contributed by atoms with Gasteiger partial charge in [-0.25, -0.2) is 4.98 Å². The van der Waals surface area contributed by atoms with E-state index in [2.05, 4.69) is 10.3 Å². The van der Waals surface area contributed by atoms with Crippen LogP contribution in [-0.2, 0) is 17.9 Å². The zero-order chi connectivity index (χ0) is 15.5. The molecule has 3 rings (SSSR count). The van der Waals surface area contributed by atoms with Crippen LogP contribution < -0.4 is 11.1 Å². The number of hydrogen-bond donors (Lipinski definition) is 2. The molecule has 0 fully saturated rings. The number of benzene rings is 2. The lowest BCUT2D eigenvalue weighted by molar-refractivity contribution is -0.116. The van der Waals surface area contributed by atoms with Crippen molar-refractivity contribution in [1.82, 2.24) is 9.55 Å². The van der Waals surface area contributed by atoms with E-state index in [1.165, 1.54) is 0 Å². The smallest absolute Gasteiger partial charge is 0.244 e. The maximum Gasteiger partial charge on any atom is 0.244 e. The molecule has 0 atom stereocenters. The van der Waals surface area contributed by atoms with Crippen molar-refractivity contribution in [3.63, 3.8) is 0 Å². The van der Waals surface area contributed by atoms with Crippen LogP contribution in [0.2, 0.25) is 0 Å². The lowest BCUT2D eigenvalue weighted by Gasteiger charge is -2.09. The Labute approximate surface area is 128 Å². The van der Waals surface area contributed by atoms with Crippen molar-refractivity contribution in [2.45, 2.75) is 20.0 Å². The number of nitrogens with zero attached hydrogens (tertiary/aromatic N) is 2. The highest BCUT2D eigenvalue weighted by Crippen LogP contribution is 2.16. The Kier molecular flexibility index (Phi) is 3.89. The number of nitrogens with two attached hydrogens (primary N) is 1. The first-order valence-electron chi connectivity index (χ1n) is 7.18. The molecule has 0 bridgehead atoms. The number of nitrogens with one attached hydrogen (secondary N) is 1. The number of aromatic nitrogens is 2. The van der Waals surface area contributed by atoms with Crippen LogP contribution in [0, 0.1) is 6.92 Å². The minimum absolute atomic E-state index is 0.0771. The van der Waals surface area contributed by atoms with E-state index in [9.17, 15) is 4.79 Å². The standard InChI is InChI=1S/C17H18N4O/c1-12-19-15-4-2-3-5-16(15)21(12)11-17(22)20-14-8-6-13(10-18)7-9-14/h2-9H,10-11,18H2,1H3,(H,20,22). The number of fused-ring (bicyclic) bond motifs is 1. The molecule has 3 aromatic rings. The van der Waals surface area contributed by atoms with Gasteiger partial charge in [-0.15, -0.1) is 0 Å². The number of amides is 1. The molecule has 22 heavy (non-hydrogen) atoms. The van der Waals surface area contributed by atoms with Crippen molar-refractivity contribution in [2.75, 3.05) is 5.32 Å². The summed E-state index contributed by atoms with van der Waals surface area (Å²) in [4.78, 5) is 16.7. The summed E-state index contributed by atoms with van der Waals surface area (Å²) in [5.41, 5.74) is 9.24. The third-order valence-electron chi connectivity index (χ3n) is 3.62. The molecular formula is C17H18N4O. The number of hydrogen-bond acceptors (Lipinski definition) is 3. The van der Waals surface area contributed by atoms with E-state index in [0.717, 1.165) is 28.1 Å². The number of aryl methyl sites for hydroxylation is 1. The number of carbonyl (C=O) groups is 1. The van der Waals surface area contributed by atoms with Gasteiger partial charge in [0.15, 0.2) is 0 Å². The fourth-order valence-electron chi connectivity index (χ4n) is 2.46. The molecule has 0 aliphatic heterocycles. The quantitative estimate of drug-likeness (QED) is 0.776. The van der Waals surface area contributed by atoms with Crippen LogP contribution in [0.4, 0.5) is 5.69 Å². The van der Waals surface area contributed by atoms with Crippen LogP contribution in [0.1, 0.15) is 11.4 Å². The molecule has 5 nitrogen and oxygen atoms in total. The Hall–Kier alpha value is -2.66. The molecular weight excluding hydrogens is 276 g/mol. The van der Waals surface area contributed by atoms with Crippen LogP contribution in [0.25, 0.3) is 11.0 Å². The van der Waals surface area contributed by atoms with Gasteiger partial charge in [0.1, 0.15) is 12.4 Å². The average Bonchev–Trinajstić information content (AvgIpc) is 2.84. The maximum atomic E-state index is 12.2. The first-order valence-corrected chi connectivity index (χ1v) is 7.18. The highest BCUT2D eigenvalue weighted by Gasteiger charge is 2.10. The second-order valence-electron chi connectivity index (χ2n) is 5.18. The molecule has 0 saturated carbocycles. The molecule has 1 aromatic heterocycles. The van der Waals surface area contributed by atoms with Crippen molar-refractivity contribution < 1.29 is 4.79 Å². The Morgan fingerprint density at radius 3 is 2.64 bits per heavy atom. The SMILES string of the molecule is Cc1nc2ccccc2n1CC(=O)Nc1ccc(CN)cc1. The van der Waals surface area contributed by atoms with Gasteiger partial charge in [0.05, 0.1) is 11.0 Å². The minimum Gasteiger partial charge on any atom is -0.326 e.